The van der Waals surface area contributed by atoms with E-state index in [0.29, 0.717) is 5.75 Å². The number of nitrogens with zero attached hydrogens (tertiary/aromatic N) is 2. The number of aliphatic hydroxyl groups is 1. The van der Waals surface area contributed by atoms with Gasteiger partial charge in [-0.2, -0.15) is 0 Å². The molecule has 3 aromatic rings. The summed E-state index contributed by atoms with van der Waals surface area (Å²) >= 11 is 0. The first-order valence-corrected chi connectivity index (χ1v) is 7.36. The predicted molar refractivity (Wildman–Crippen MR) is 87.2 cm³/mol. The highest BCUT2D eigenvalue weighted by molar-refractivity contribution is 5.83. The largest absolute Gasteiger partial charge is 0.491 e. The van der Waals surface area contributed by atoms with Crippen molar-refractivity contribution in [3.05, 3.63) is 54.4 Å². The van der Waals surface area contributed by atoms with Crippen molar-refractivity contribution in [2.45, 2.75) is 13.0 Å². The summed E-state index contributed by atoms with van der Waals surface area (Å²) < 4.78 is 17.6. The van der Waals surface area contributed by atoms with E-state index in [-0.39, 0.29) is 6.61 Å². The fraction of sp³-hybridized carbons (Fsp3) is 0.222. The Balaban J connectivity index is 1.89. The molecule has 2 aromatic heterocycles. The van der Waals surface area contributed by atoms with Gasteiger partial charge in [-0.25, -0.2) is 9.37 Å². The lowest BCUT2D eigenvalue weighted by atomic mass is 10.1. The molecule has 0 aliphatic rings. The number of alkyl halides is 1. The molecular weight excluding hydrogens is 295 g/mol. The van der Waals surface area contributed by atoms with Crippen molar-refractivity contribution >= 4 is 10.9 Å². The van der Waals surface area contributed by atoms with Gasteiger partial charge in [-0.05, 0) is 42.8 Å². The number of aromatic nitrogens is 2. The lowest BCUT2D eigenvalue weighted by molar-refractivity contribution is 0.0842. The van der Waals surface area contributed by atoms with Gasteiger partial charge in [0.25, 0.3) is 0 Å². The van der Waals surface area contributed by atoms with Crippen LogP contribution in [0.5, 0.6) is 5.75 Å². The van der Waals surface area contributed by atoms with E-state index < -0.39 is 12.8 Å². The molecule has 0 bridgehead atoms. The molecule has 1 atom stereocenters. The quantitative estimate of drug-likeness (QED) is 0.785. The number of rotatable bonds is 5. The SMILES string of the molecule is Cc1ccncc1-c1ccc2cc(OCC(O)CF)ccc2n1. The standard InChI is InChI=1S/C18H17FN2O2/c1-12-6-7-20-10-16(12)18-4-2-13-8-15(3-5-17(13)21-18)23-11-14(22)9-19/h2-8,10,14,22H,9,11H2,1H3. The number of halogens is 1. The molecule has 0 aliphatic heterocycles. The molecule has 2 heterocycles. The van der Waals surface area contributed by atoms with E-state index in [2.05, 4.69) is 9.97 Å². The summed E-state index contributed by atoms with van der Waals surface area (Å²) in [7, 11) is 0. The molecule has 0 spiro atoms. The van der Waals surface area contributed by atoms with E-state index in [0.717, 1.165) is 27.7 Å². The van der Waals surface area contributed by atoms with Crippen LogP contribution >= 0.6 is 0 Å². The van der Waals surface area contributed by atoms with Crippen LogP contribution in [-0.2, 0) is 0 Å². The molecule has 1 N–H and O–H groups in total. The molecule has 5 heteroatoms. The summed E-state index contributed by atoms with van der Waals surface area (Å²) in [5, 5.41) is 10.1. The minimum Gasteiger partial charge on any atom is -0.491 e. The molecule has 4 nitrogen and oxygen atoms in total. The van der Waals surface area contributed by atoms with Crippen molar-refractivity contribution in [1.82, 2.24) is 9.97 Å². The number of benzene rings is 1. The summed E-state index contributed by atoms with van der Waals surface area (Å²) in [6.45, 7) is 1.14. The zero-order chi connectivity index (χ0) is 16.2. The molecule has 0 saturated heterocycles. The van der Waals surface area contributed by atoms with Crippen molar-refractivity contribution in [2.24, 2.45) is 0 Å². The molecule has 0 radical (unpaired) electrons. The van der Waals surface area contributed by atoms with E-state index in [9.17, 15) is 9.50 Å². The molecule has 0 saturated carbocycles. The monoisotopic (exact) mass is 312 g/mol. The predicted octanol–water partition coefficient (Wildman–Crippen LogP) is 3.31. The number of pyridine rings is 2. The zero-order valence-electron chi connectivity index (χ0n) is 12.7. The van der Waals surface area contributed by atoms with Crippen LogP contribution in [-0.4, -0.2) is 34.5 Å². The van der Waals surface area contributed by atoms with E-state index in [1.54, 1.807) is 18.5 Å². The Bertz CT molecular complexity index is 823. The minimum absolute atomic E-state index is 0.0671. The van der Waals surface area contributed by atoms with Crippen LogP contribution in [0.15, 0.2) is 48.8 Å². The molecule has 0 aliphatic carbocycles. The average molecular weight is 312 g/mol. The third-order valence-corrected chi connectivity index (χ3v) is 3.60. The Kier molecular flexibility index (Phi) is 4.48. The van der Waals surface area contributed by atoms with Crippen LogP contribution < -0.4 is 4.74 Å². The summed E-state index contributed by atoms with van der Waals surface area (Å²) in [6, 6.07) is 11.3. The van der Waals surface area contributed by atoms with Crippen LogP contribution in [0.1, 0.15) is 5.56 Å². The van der Waals surface area contributed by atoms with E-state index >= 15 is 0 Å². The zero-order valence-corrected chi connectivity index (χ0v) is 12.7. The lowest BCUT2D eigenvalue weighted by Gasteiger charge is -2.10. The molecule has 118 valence electrons. The molecular formula is C18H17FN2O2. The topological polar surface area (TPSA) is 55.2 Å². The first-order chi connectivity index (χ1) is 11.2. The molecule has 23 heavy (non-hydrogen) atoms. The molecule has 1 aromatic carbocycles. The van der Waals surface area contributed by atoms with Crippen molar-refractivity contribution in [1.29, 1.82) is 0 Å². The van der Waals surface area contributed by atoms with Crippen LogP contribution in [0.25, 0.3) is 22.2 Å². The van der Waals surface area contributed by atoms with E-state index in [1.165, 1.54) is 0 Å². The summed E-state index contributed by atoms with van der Waals surface area (Å²) in [5.74, 6) is 0.581. The van der Waals surface area contributed by atoms with Gasteiger partial charge in [-0.1, -0.05) is 6.07 Å². The normalized spacial score (nSPS) is 12.3. The molecule has 0 amide bonds. The number of aryl methyl sites for hydroxylation is 1. The van der Waals surface area contributed by atoms with Crippen molar-refractivity contribution in [3.8, 4) is 17.0 Å². The van der Waals surface area contributed by atoms with Crippen LogP contribution in [0.2, 0.25) is 0 Å². The fourth-order valence-corrected chi connectivity index (χ4v) is 2.31. The van der Waals surface area contributed by atoms with Gasteiger partial charge in [-0.15, -0.1) is 0 Å². The number of ether oxygens (including phenoxy) is 1. The van der Waals surface area contributed by atoms with Crippen LogP contribution in [0.4, 0.5) is 4.39 Å². The Morgan fingerprint density at radius 1 is 1.22 bits per heavy atom. The number of aliphatic hydroxyl groups excluding tert-OH is 1. The highest BCUT2D eigenvalue weighted by atomic mass is 19.1. The average Bonchev–Trinajstić information content (AvgIpc) is 2.59. The van der Waals surface area contributed by atoms with Gasteiger partial charge in [0, 0.05) is 23.3 Å². The summed E-state index contributed by atoms with van der Waals surface area (Å²) in [6.07, 6.45) is 2.47. The van der Waals surface area contributed by atoms with Crippen LogP contribution in [0.3, 0.4) is 0 Å². The van der Waals surface area contributed by atoms with Gasteiger partial charge in [0.05, 0.1) is 11.2 Å². The number of hydrogen-bond acceptors (Lipinski definition) is 4. The third-order valence-electron chi connectivity index (χ3n) is 3.60. The Labute approximate surface area is 133 Å². The second-order valence-electron chi connectivity index (χ2n) is 5.36. The third kappa shape index (κ3) is 3.46. The number of fused-ring (bicyclic) bond motifs is 1. The highest BCUT2D eigenvalue weighted by Gasteiger charge is 2.07. The minimum atomic E-state index is -1.10. The fourth-order valence-electron chi connectivity index (χ4n) is 2.31. The van der Waals surface area contributed by atoms with Crippen molar-refractivity contribution < 1.29 is 14.2 Å². The summed E-state index contributed by atoms with van der Waals surface area (Å²) in [5.41, 5.74) is 3.82. The van der Waals surface area contributed by atoms with Gasteiger partial charge in [0.2, 0.25) is 0 Å². The molecule has 1 unspecified atom stereocenters. The first kappa shape index (κ1) is 15.4. The maximum atomic E-state index is 12.2. The maximum absolute atomic E-state index is 12.2. The van der Waals surface area contributed by atoms with Gasteiger partial charge in [0.1, 0.15) is 25.1 Å². The Morgan fingerprint density at radius 2 is 2.09 bits per heavy atom. The van der Waals surface area contributed by atoms with Crippen LogP contribution in [0, 0.1) is 6.92 Å². The molecule has 3 rings (SSSR count). The lowest BCUT2D eigenvalue weighted by Crippen LogP contribution is -2.19. The first-order valence-electron chi connectivity index (χ1n) is 7.36. The van der Waals surface area contributed by atoms with Crippen molar-refractivity contribution in [2.75, 3.05) is 13.3 Å². The van der Waals surface area contributed by atoms with Gasteiger partial charge in [-0.3, -0.25) is 4.98 Å². The van der Waals surface area contributed by atoms with E-state index in [4.69, 9.17) is 4.74 Å². The Morgan fingerprint density at radius 3 is 2.87 bits per heavy atom. The molecule has 0 fully saturated rings. The number of hydrogen-bond donors (Lipinski definition) is 1. The maximum Gasteiger partial charge on any atom is 0.120 e. The highest BCUT2D eigenvalue weighted by Crippen LogP contribution is 2.25. The Hall–Kier alpha value is -2.53. The smallest absolute Gasteiger partial charge is 0.120 e. The van der Waals surface area contributed by atoms with E-state index in [1.807, 2.05) is 37.3 Å². The van der Waals surface area contributed by atoms with Gasteiger partial charge >= 0.3 is 0 Å². The second-order valence-corrected chi connectivity index (χ2v) is 5.36. The van der Waals surface area contributed by atoms with Crippen molar-refractivity contribution in [3.63, 3.8) is 0 Å². The van der Waals surface area contributed by atoms with Gasteiger partial charge < -0.3 is 9.84 Å². The van der Waals surface area contributed by atoms with Gasteiger partial charge in [0.15, 0.2) is 0 Å². The second kappa shape index (κ2) is 6.71. The summed E-state index contributed by atoms with van der Waals surface area (Å²) in [4.78, 5) is 8.80.